The number of halogens is 3. The number of carbonyl (C=O) groups is 1. The summed E-state index contributed by atoms with van der Waals surface area (Å²) in [5.74, 6) is -0.855. The first-order valence-corrected chi connectivity index (χ1v) is 7.16. The molecule has 0 aromatic carbocycles. The molecule has 120 valence electrons. The molecule has 7 nitrogen and oxygen atoms in total. The highest BCUT2D eigenvalue weighted by molar-refractivity contribution is 7.89. The van der Waals surface area contributed by atoms with Gasteiger partial charge in [0.2, 0.25) is 10.0 Å². The Hall–Kier alpha value is -1.59. The maximum absolute atomic E-state index is 12.4. The SMILES string of the molecule is COCCNC(=O)c1cc(S(N)(=O)=O)cn1CC(F)(F)F. The largest absolute Gasteiger partial charge is 0.406 e. The first kappa shape index (κ1) is 17.5. The van der Waals surface area contributed by atoms with Crippen LogP contribution in [0.15, 0.2) is 17.2 Å². The highest BCUT2D eigenvalue weighted by Crippen LogP contribution is 2.21. The Morgan fingerprint density at radius 2 is 2.10 bits per heavy atom. The van der Waals surface area contributed by atoms with Gasteiger partial charge in [0.25, 0.3) is 5.91 Å². The summed E-state index contributed by atoms with van der Waals surface area (Å²) in [7, 11) is -2.83. The molecule has 0 spiro atoms. The van der Waals surface area contributed by atoms with Gasteiger partial charge in [-0.1, -0.05) is 0 Å². The molecule has 1 heterocycles. The highest BCUT2D eigenvalue weighted by atomic mass is 32.2. The summed E-state index contributed by atoms with van der Waals surface area (Å²) in [4.78, 5) is 11.2. The molecule has 1 rings (SSSR count). The molecule has 0 aliphatic carbocycles. The average Bonchev–Trinajstić information content (AvgIpc) is 2.70. The maximum Gasteiger partial charge on any atom is 0.406 e. The fourth-order valence-corrected chi connectivity index (χ4v) is 2.06. The van der Waals surface area contributed by atoms with Crippen LogP contribution in [-0.2, 0) is 21.3 Å². The van der Waals surface area contributed by atoms with Crippen LogP contribution in [0.25, 0.3) is 0 Å². The van der Waals surface area contributed by atoms with Crippen molar-refractivity contribution in [3.63, 3.8) is 0 Å². The number of hydrogen-bond acceptors (Lipinski definition) is 4. The third-order valence-corrected chi connectivity index (χ3v) is 3.25. The molecule has 21 heavy (non-hydrogen) atoms. The van der Waals surface area contributed by atoms with Crippen LogP contribution in [0.3, 0.4) is 0 Å². The molecule has 0 atom stereocenters. The van der Waals surface area contributed by atoms with Crippen molar-refractivity contribution in [1.29, 1.82) is 0 Å². The van der Waals surface area contributed by atoms with Gasteiger partial charge in [0, 0.05) is 19.9 Å². The fourth-order valence-electron chi connectivity index (χ4n) is 1.51. The minimum Gasteiger partial charge on any atom is -0.383 e. The zero-order valence-electron chi connectivity index (χ0n) is 11.0. The number of ether oxygens (including phenoxy) is 1. The minimum absolute atomic E-state index is 0.0667. The summed E-state index contributed by atoms with van der Waals surface area (Å²) >= 11 is 0. The Bertz CT molecular complexity index is 610. The van der Waals surface area contributed by atoms with E-state index in [1.165, 1.54) is 7.11 Å². The number of rotatable bonds is 6. The van der Waals surface area contributed by atoms with E-state index in [1.54, 1.807) is 0 Å². The molecule has 3 N–H and O–H groups in total. The van der Waals surface area contributed by atoms with Crippen LogP contribution in [0, 0.1) is 0 Å². The van der Waals surface area contributed by atoms with Gasteiger partial charge in [-0.2, -0.15) is 13.2 Å². The molecule has 0 unspecified atom stereocenters. The van der Waals surface area contributed by atoms with E-state index in [1.807, 2.05) is 0 Å². The summed E-state index contributed by atoms with van der Waals surface area (Å²) in [5.41, 5.74) is -0.451. The van der Waals surface area contributed by atoms with Crippen molar-refractivity contribution in [2.75, 3.05) is 20.3 Å². The van der Waals surface area contributed by atoms with Crippen LogP contribution in [0.5, 0.6) is 0 Å². The number of methoxy groups -OCH3 is 1. The van der Waals surface area contributed by atoms with E-state index in [9.17, 15) is 26.4 Å². The van der Waals surface area contributed by atoms with Gasteiger partial charge in [0.05, 0.1) is 6.61 Å². The van der Waals surface area contributed by atoms with Gasteiger partial charge < -0.3 is 14.6 Å². The van der Waals surface area contributed by atoms with Crippen LogP contribution in [0.1, 0.15) is 10.5 Å². The number of nitrogens with two attached hydrogens (primary N) is 1. The Balaban J connectivity index is 3.09. The zero-order valence-corrected chi connectivity index (χ0v) is 11.8. The monoisotopic (exact) mass is 329 g/mol. The molecule has 0 aliphatic heterocycles. The number of nitrogens with one attached hydrogen (secondary N) is 1. The lowest BCUT2D eigenvalue weighted by Crippen LogP contribution is -2.30. The van der Waals surface area contributed by atoms with Crippen LogP contribution in [-0.4, -0.2) is 45.3 Å². The average molecular weight is 329 g/mol. The van der Waals surface area contributed by atoms with Crippen molar-refractivity contribution in [2.45, 2.75) is 17.6 Å². The maximum atomic E-state index is 12.4. The Kier molecular flexibility index (Phi) is 5.36. The number of carbonyl (C=O) groups excluding carboxylic acids is 1. The van der Waals surface area contributed by atoms with Gasteiger partial charge in [0.1, 0.15) is 17.1 Å². The summed E-state index contributed by atoms with van der Waals surface area (Å²) in [6, 6.07) is 0.795. The van der Waals surface area contributed by atoms with E-state index in [4.69, 9.17) is 5.14 Å². The normalized spacial score (nSPS) is 12.4. The number of primary sulfonamides is 1. The summed E-state index contributed by atoms with van der Waals surface area (Å²) in [5, 5.41) is 7.15. The van der Waals surface area contributed by atoms with Gasteiger partial charge in [-0.15, -0.1) is 0 Å². The van der Waals surface area contributed by atoms with Crippen LogP contribution in [0.2, 0.25) is 0 Å². The van der Waals surface area contributed by atoms with Crippen LogP contribution in [0.4, 0.5) is 13.2 Å². The molecule has 0 fully saturated rings. The summed E-state index contributed by atoms with van der Waals surface area (Å²) in [6.07, 6.45) is -3.94. The number of sulfonamides is 1. The summed E-state index contributed by atoms with van der Waals surface area (Å²) < 4.78 is 64.9. The molecular formula is C10H14F3N3O4S. The van der Waals surface area contributed by atoms with Gasteiger partial charge in [0.15, 0.2) is 0 Å². The fraction of sp³-hybridized carbons (Fsp3) is 0.500. The van der Waals surface area contributed by atoms with Crippen LogP contribution < -0.4 is 10.5 Å². The van der Waals surface area contributed by atoms with Crippen molar-refractivity contribution >= 4 is 15.9 Å². The van der Waals surface area contributed by atoms with E-state index >= 15 is 0 Å². The number of alkyl halides is 3. The molecule has 1 aromatic heterocycles. The highest BCUT2D eigenvalue weighted by Gasteiger charge is 2.31. The molecule has 11 heteroatoms. The van der Waals surface area contributed by atoms with E-state index in [0.29, 0.717) is 10.8 Å². The van der Waals surface area contributed by atoms with Gasteiger partial charge in [-0.3, -0.25) is 4.79 Å². The summed E-state index contributed by atoms with van der Waals surface area (Å²) in [6.45, 7) is -1.28. The van der Waals surface area contributed by atoms with E-state index < -0.39 is 39.2 Å². The second-order valence-electron chi connectivity index (χ2n) is 4.10. The molecule has 1 aromatic rings. The molecule has 0 bridgehead atoms. The molecule has 0 saturated carbocycles. The Morgan fingerprint density at radius 1 is 1.48 bits per heavy atom. The second-order valence-corrected chi connectivity index (χ2v) is 5.66. The first-order chi connectivity index (χ1) is 9.54. The van der Waals surface area contributed by atoms with E-state index in [2.05, 4.69) is 10.1 Å². The smallest absolute Gasteiger partial charge is 0.383 e. The minimum atomic E-state index is -4.61. The van der Waals surface area contributed by atoms with Gasteiger partial charge in [-0.05, 0) is 6.07 Å². The van der Waals surface area contributed by atoms with Crippen molar-refractivity contribution in [2.24, 2.45) is 5.14 Å². The first-order valence-electron chi connectivity index (χ1n) is 5.61. The molecule has 0 aliphatic rings. The zero-order chi connectivity index (χ0) is 16.3. The molecule has 0 radical (unpaired) electrons. The van der Waals surface area contributed by atoms with Crippen molar-refractivity contribution < 1.29 is 31.1 Å². The number of aromatic nitrogens is 1. The quantitative estimate of drug-likeness (QED) is 0.721. The van der Waals surface area contributed by atoms with Gasteiger partial charge >= 0.3 is 6.18 Å². The Labute approximate surface area is 118 Å². The Morgan fingerprint density at radius 3 is 2.57 bits per heavy atom. The lowest BCUT2D eigenvalue weighted by atomic mass is 10.4. The van der Waals surface area contributed by atoms with E-state index in [0.717, 1.165) is 6.07 Å². The molecule has 0 saturated heterocycles. The van der Waals surface area contributed by atoms with Crippen molar-refractivity contribution in [3.05, 3.63) is 18.0 Å². The van der Waals surface area contributed by atoms with Gasteiger partial charge in [-0.25, -0.2) is 13.6 Å². The predicted octanol–water partition coefficient (Wildman–Crippen LogP) is 0.0740. The van der Waals surface area contributed by atoms with Crippen molar-refractivity contribution in [1.82, 2.24) is 9.88 Å². The van der Waals surface area contributed by atoms with E-state index in [-0.39, 0.29) is 13.2 Å². The number of hydrogen-bond donors (Lipinski definition) is 2. The number of nitrogens with zero attached hydrogens (tertiary/aromatic N) is 1. The third-order valence-electron chi connectivity index (χ3n) is 2.37. The van der Waals surface area contributed by atoms with Crippen molar-refractivity contribution in [3.8, 4) is 0 Å². The molecular weight excluding hydrogens is 315 g/mol. The third kappa shape index (κ3) is 5.36. The topological polar surface area (TPSA) is 103 Å². The standard InChI is InChI=1S/C10H14F3N3O4S/c1-20-3-2-15-9(17)8-4-7(21(14,18)19)5-16(8)6-10(11,12)13/h4-5H,2-3,6H2,1H3,(H,15,17)(H2,14,18,19). The lowest BCUT2D eigenvalue weighted by molar-refractivity contribution is -0.140. The van der Waals surface area contributed by atoms with Crippen LogP contribution >= 0.6 is 0 Å². The molecule has 1 amide bonds. The second kappa shape index (κ2) is 6.45. The number of amides is 1. The lowest BCUT2D eigenvalue weighted by Gasteiger charge is -2.11. The predicted molar refractivity (Wildman–Crippen MR) is 66.1 cm³/mol.